The monoisotopic (exact) mass is 449 g/mol. The number of sulfonamides is 1. The highest BCUT2D eigenvalue weighted by Gasteiger charge is 2.28. The highest BCUT2D eigenvalue weighted by atomic mass is 32.2. The fraction of sp³-hybridized carbons (Fsp3) is 0.500. The maximum Gasteiger partial charge on any atom is 0.211 e. The summed E-state index contributed by atoms with van der Waals surface area (Å²) < 4.78 is 27.1. The van der Waals surface area contributed by atoms with Crippen LogP contribution in [0.2, 0.25) is 0 Å². The molecule has 1 aliphatic heterocycles. The third kappa shape index (κ3) is 4.99. The molecular formula is C22H31N3O3S2. The van der Waals surface area contributed by atoms with E-state index in [4.69, 9.17) is 0 Å². The molecule has 2 aromatic rings. The van der Waals surface area contributed by atoms with E-state index in [0.717, 1.165) is 48.6 Å². The number of Topliss-reactive ketones (excluding diaryl/α,β-unsaturated/α-hetero) is 1. The lowest BCUT2D eigenvalue weighted by atomic mass is 10.0. The van der Waals surface area contributed by atoms with Crippen molar-refractivity contribution in [1.82, 2.24) is 13.8 Å². The molecule has 1 aliphatic rings. The number of ketones is 1. The van der Waals surface area contributed by atoms with Crippen LogP contribution in [0.4, 0.5) is 0 Å². The average molecular weight is 450 g/mol. The topological polar surface area (TPSA) is 62.6 Å². The quantitative estimate of drug-likeness (QED) is 0.479. The first kappa shape index (κ1) is 23.1. The van der Waals surface area contributed by atoms with Crippen LogP contribution >= 0.6 is 11.8 Å². The molecule has 2 heterocycles. The largest absolute Gasteiger partial charge is 0.318 e. The standard InChI is InChI=1S/C22H31N3O3S2/c1-16-13-21(17(2)25(16)19-7-6-8-20(14-19)29-4)22(26)15-24-11-9-18(10-12-24)23(3)30(5,27)28/h6-8,13-14,18H,9-12,15H2,1-5H3. The number of benzene rings is 1. The lowest BCUT2D eigenvalue weighted by molar-refractivity contribution is 0.0890. The van der Waals surface area contributed by atoms with Gasteiger partial charge in [-0.1, -0.05) is 6.07 Å². The van der Waals surface area contributed by atoms with Crippen LogP contribution in [0, 0.1) is 13.8 Å². The maximum atomic E-state index is 13.1. The molecule has 0 unspecified atom stereocenters. The molecule has 164 valence electrons. The minimum atomic E-state index is -3.18. The van der Waals surface area contributed by atoms with Crippen LogP contribution in [0.5, 0.6) is 0 Å². The van der Waals surface area contributed by atoms with Gasteiger partial charge in [-0.05, 0) is 57.2 Å². The van der Waals surface area contributed by atoms with E-state index >= 15 is 0 Å². The van der Waals surface area contributed by atoms with Gasteiger partial charge in [0.2, 0.25) is 10.0 Å². The minimum Gasteiger partial charge on any atom is -0.318 e. The molecule has 0 bridgehead atoms. The summed E-state index contributed by atoms with van der Waals surface area (Å²) in [7, 11) is -1.54. The smallest absolute Gasteiger partial charge is 0.211 e. The third-order valence-corrected chi connectivity index (χ3v) is 8.07. The Labute approximate surface area is 184 Å². The molecule has 1 aromatic carbocycles. The molecule has 3 rings (SSSR count). The Kier molecular flexibility index (Phi) is 7.12. The van der Waals surface area contributed by atoms with Crippen molar-refractivity contribution in [2.75, 3.05) is 39.2 Å². The highest BCUT2D eigenvalue weighted by molar-refractivity contribution is 7.98. The van der Waals surface area contributed by atoms with Crippen molar-refractivity contribution in [3.8, 4) is 5.69 Å². The first-order chi connectivity index (χ1) is 14.1. The fourth-order valence-corrected chi connectivity index (χ4v) is 5.40. The molecule has 8 heteroatoms. The molecule has 0 radical (unpaired) electrons. The van der Waals surface area contributed by atoms with Gasteiger partial charge in [0.1, 0.15) is 0 Å². The summed E-state index contributed by atoms with van der Waals surface area (Å²) in [4.78, 5) is 16.4. The molecular weight excluding hydrogens is 418 g/mol. The Bertz CT molecular complexity index is 1020. The number of likely N-dealkylation sites (tertiary alicyclic amines) is 1. The van der Waals surface area contributed by atoms with Gasteiger partial charge in [0.25, 0.3) is 0 Å². The molecule has 1 aromatic heterocycles. The van der Waals surface area contributed by atoms with E-state index in [9.17, 15) is 13.2 Å². The van der Waals surface area contributed by atoms with Crippen molar-refractivity contribution in [3.05, 3.63) is 47.3 Å². The molecule has 0 atom stereocenters. The molecule has 1 saturated heterocycles. The zero-order chi connectivity index (χ0) is 22.1. The predicted molar refractivity (Wildman–Crippen MR) is 123 cm³/mol. The van der Waals surface area contributed by atoms with Gasteiger partial charge in [-0.15, -0.1) is 11.8 Å². The van der Waals surface area contributed by atoms with Gasteiger partial charge in [0.05, 0.1) is 12.8 Å². The van der Waals surface area contributed by atoms with Gasteiger partial charge in [-0.25, -0.2) is 12.7 Å². The van der Waals surface area contributed by atoms with Crippen LogP contribution in [0.25, 0.3) is 5.69 Å². The third-order valence-electron chi connectivity index (χ3n) is 6.00. The lowest BCUT2D eigenvalue weighted by Gasteiger charge is -2.35. The summed E-state index contributed by atoms with van der Waals surface area (Å²) >= 11 is 1.70. The number of rotatable bonds is 7. The molecule has 1 fully saturated rings. The van der Waals surface area contributed by atoms with E-state index in [1.807, 2.05) is 26.0 Å². The molecule has 0 aliphatic carbocycles. The Morgan fingerprint density at radius 3 is 2.47 bits per heavy atom. The van der Waals surface area contributed by atoms with E-state index in [1.54, 1.807) is 18.8 Å². The lowest BCUT2D eigenvalue weighted by Crippen LogP contribution is -2.46. The number of hydrogen-bond donors (Lipinski definition) is 0. The number of hydrogen-bond acceptors (Lipinski definition) is 5. The molecule has 30 heavy (non-hydrogen) atoms. The van der Waals surface area contributed by atoms with Gasteiger partial charge >= 0.3 is 0 Å². The SMILES string of the molecule is CSc1cccc(-n2c(C)cc(C(=O)CN3CCC(N(C)S(C)(=O)=O)CC3)c2C)c1. The minimum absolute atomic E-state index is 0.0140. The van der Waals surface area contributed by atoms with Crippen molar-refractivity contribution in [2.24, 2.45) is 0 Å². The summed E-state index contributed by atoms with van der Waals surface area (Å²) in [5.74, 6) is 0.116. The van der Waals surface area contributed by atoms with Gasteiger partial charge in [0, 0.05) is 53.7 Å². The van der Waals surface area contributed by atoms with E-state index in [1.165, 1.54) is 15.5 Å². The Hall–Kier alpha value is -1.61. The summed E-state index contributed by atoms with van der Waals surface area (Å²) in [6, 6.07) is 10.3. The van der Waals surface area contributed by atoms with Gasteiger partial charge in [0.15, 0.2) is 5.78 Å². The first-order valence-electron chi connectivity index (χ1n) is 10.1. The summed E-state index contributed by atoms with van der Waals surface area (Å²) in [6.45, 7) is 5.85. The van der Waals surface area contributed by atoms with Crippen molar-refractivity contribution >= 4 is 27.6 Å². The molecule has 0 saturated carbocycles. The number of nitrogens with zero attached hydrogens (tertiary/aromatic N) is 3. The van der Waals surface area contributed by atoms with Crippen LogP contribution in [0.15, 0.2) is 35.2 Å². The highest BCUT2D eigenvalue weighted by Crippen LogP contribution is 2.25. The van der Waals surface area contributed by atoms with Crippen LogP contribution in [-0.4, -0.2) is 73.2 Å². The van der Waals surface area contributed by atoms with Crippen LogP contribution in [0.1, 0.15) is 34.6 Å². The average Bonchev–Trinajstić information content (AvgIpc) is 3.01. The first-order valence-corrected chi connectivity index (χ1v) is 13.2. The second kappa shape index (κ2) is 9.26. The number of aromatic nitrogens is 1. The fourth-order valence-electron chi connectivity index (χ4n) is 4.19. The van der Waals surface area contributed by atoms with E-state index < -0.39 is 10.0 Å². The van der Waals surface area contributed by atoms with Crippen molar-refractivity contribution in [3.63, 3.8) is 0 Å². The number of thioether (sulfide) groups is 1. The van der Waals surface area contributed by atoms with Gasteiger partial charge < -0.3 is 4.57 Å². The van der Waals surface area contributed by atoms with Gasteiger partial charge in [-0.2, -0.15) is 0 Å². The molecule has 0 N–H and O–H groups in total. The van der Waals surface area contributed by atoms with Gasteiger partial charge in [-0.3, -0.25) is 9.69 Å². The Morgan fingerprint density at radius 1 is 1.20 bits per heavy atom. The van der Waals surface area contributed by atoms with Crippen LogP contribution < -0.4 is 0 Å². The van der Waals surface area contributed by atoms with Crippen LogP contribution in [0.3, 0.4) is 0 Å². The Balaban J connectivity index is 1.70. The number of piperidine rings is 1. The van der Waals surface area contributed by atoms with Crippen molar-refractivity contribution in [1.29, 1.82) is 0 Å². The summed E-state index contributed by atoms with van der Waals surface area (Å²) in [5, 5.41) is 0. The maximum absolute atomic E-state index is 13.1. The van der Waals surface area contributed by atoms with E-state index in [2.05, 4.69) is 33.9 Å². The van der Waals surface area contributed by atoms with E-state index in [0.29, 0.717) is 6.54 Å². The Morgan fingerprint density at radius 2 is 1.87 bits per heavy atom. The van der Waals surface area contributed by atoms with E-state index in [-0.39, 0.29) is 11.8 Å². The summed E-state index contributed by atoms with van der Waals surface area (Å²) in [5.41, 5.74) is 3.84. The zero-order valence-electron chi connectivity index (χ0n) is 18.4. The molecule has 0 amide bonds. The second-order valence-electron chi connectivity index (χ2n) is 8.03. The number of carbonyl (C=O) groups excluding carboxylic acids is 1. The predicted octanol–water partition coefficient (Wildman–Crippen LogP) is 3.35. The second-order valence-corrected chi connectivity index (χ2v) is 11.0. The zero-order valence-corrected chi connectivity index (χ0v) is 20.0. The summed E-state index contributed by atoms with van der Waals surface area (Å²) in [6.07, 6.45) is 4.79. The molecule has 6 nitrogen and oxygen atoms in total. The normalized spacial score (nSPS) is 16.3. The molecule has 0 spiro atoms. The van der Waals surface area contributed by atoms with Crippen molar-refractivity contribution < 1.29 is 13.2 Å². The van der Waals surface area contributed by atoms with Crippen LogP contribution in [-0.2, 0) is 10.0 Å². The van der Waals surface area contributed by atoms with Crippen molar-refractivity contribution in [2.45, 2.75) is 37.6 Å². The number of carbonyl (C=O) groups is 1. The number of aryl methyl sites for hydroxylation is 1.